The Bertz CT molecular complexity index is 1660. The molecule has 13 nitrogen and oxygen atoms in total. The number of benzene rings is 1. The molecule has 2 aromatic heterocycles. The van der Waals surface area contributed by atoms with E-state index in [0.717, 1.165) is 0 Å². The van der Waals surface area contributed by atoms with E-state index in [1.807, 2.05) is 0 Å². The summed E-state index contributed by atoms with van der Waals surface area (Å²) in [7, 11) is 1.51. The molecule has 2 fully saturated rings. The van der Waals surface area contributed by atoms with Gasteiger partial charge in [-0.15, -0.1) is 0 Å². The number of methoxy groups -OCH3 is 1. The lowest BCUT2D eigenvalue weighted by atomic mass is 9.77. The van der Waals surface area contributed by atoms with Crippen molar-refractivity contribution in [3.05, 3.63) is 75.0 Å². The monoisotopic (exact) mass is 608 g/mol. The van der Waals surface area contributed by atoms with Crippen molar-refractivity contribution in [1.29, 1.82) is 0 Å². The number of ether oxygens (including phenoxy) is 1. The highest BCUT2D eigenvalue weighted by atomic mass is 19.1. The van der Waals surface area contributed by atoms with E-state index < -0.39 is 46.3 Å². The number of likely N-dealkylation sites (tertiary alicyclic amines) is 1. The van der Waals surface area contributed by atoms with Crippen LogP contribution in [0, 0.1) is 18.7 Å². The number of rotatable bonds is 7. The highest BCUT2D eigenvalue weighted by Gasteiger charge is 2.49. The molecule has 14 heteroatoms. The van der Waals surface area contributed by atoms with Crippen molar-refractivity contribution in [3.8, 4) is 5.75 Å². The summed E-state index contributed by atoms with van der Waals surface area (Å²) in [4.78, 5) is 59.8. The van der Waals surface area contributed by atoms with Gasteiger partial charge in [0.2, 0.25) is 17.4 Å². The fourth-order valence-electron chi connectivity index (χ4n) is 6.56. The summed E-state index contributed by atoms with van der Waals surface area (Å²) in [5, 5.41) is 20.2. The molecule has 44 heavy (non-hydrogen) atoms. The first-order valence-electron chi connectivity index (χ1n) is 14.5. The summed E-state index contributed by atoms with van der Waals surface area (Å²) >= 11 is 0. The number of carbonyl (C=O) groups is 3. The minimum atomic E-state index is -1.12. The molecule has 5 heterocycles. The Morgan fingerprint density at radius 1 is 1.20 bits per heavy atom. The van der Waals surface area contributed by atoms with Gasteiger partial charge in [0.05, 0.1) is 17.8 Å². The molecule has 1 aliphatic carbocycles. The fraction of sp³-hybridized carbons (Fsp3) is 0.467. The number of fused-ring (bicyclic) bond motifs is 2. The Morgan fingerprint density at radius 3 is 2.66 bits per heavy atom. The van der Waals surface area contributed by atoms with Crippen LogP contribution in [0.2, 0.25) is 0 Å². The lowest BCUT2D eigenvalue weighted by molar-refractivity contribution is -0.127. The van der Waals surface area contributed by atoms with Gasteiger partial charge in [0.1, 0.15) is 17.7 Å². The van der Waals surface area contributed by atoms with Crippen LogP contribution in [0.15, 0.2) is 39.8 Å². The summed E-state index contributed by atoms with van der Waals surface area (Å²) in [5.41, 5.74) is -1.31. The van der Waals surface area contributed by atoms with Crippen molar-refractivity contribution in [3.63, 3.8) is 0 Å². The van der Waals surface area contributed by atoms with Crippen LogP contribution in [0.1, 0.15) is 70.1 Å². The SMILES string of the molecule is CO[C@H]1CC(C(=O)NC23CCC(CC2)Cn2c3nc(C(=O)NCc3ccc(F)c(C)c3)c(O)c2=O)N(C(=O)c2ccno2)C1. The lowest BCUT2D eigenvalue weighted by Crippen LogP contribution is -2.55. The van der Waals surface area contributed by atoms with Crippen molar-refractivity contribution in [2.24, 2.45) is 5.92 Å². The Hall–Kier alpha value is -4.59. The minimum Gasteiger partial charge on any atom is -0.501 e. The van der Waals surface area contributed by atoms with Crippen LogP contribution in [0.4, 0.5) is 4.39 Å². The fourth-order valence-corrected chi connectivity index (χ4v) is 6.56. The number of carbonyl (C=O) groups excluding carboxylic acids is 3. The van der Waals surface area contributed by atoms with Crippen LogP contribution in [-0.2, 0) is 28.2 Å². The topological polar surface area (TPSA) is 169 Å². The van der Waals surface area contributed by atoms with Crippen molar-refractivity contribution in [2.75, 3.05) is 13.7 Å². The molecule has 1 saturated carbocycles. The Labute approximate surface area is 251 Å². The highest BCUT2D eigenvalue weighted by Crippen LogP contribution is 2.43. The average Bonchev–Trinajstić information content (AvgIpc) is 3.66. The molecule has 1 aromatic carbocycles. The number of halogens is 1. The zero-order valence-electron chi connectivity index (χ0n) is 24.3. The molecule has 2 atom stereocenters. The van der Waals surface area contributed by atoms with Gasteiger partial charge in [-0.2, -0.15) is 0 Å². The molecular formula is C30H33FN6O7. The van der Waals surface area contributed by atoms with E-state index >= 15 is 0 Å². The second-order valence-electron chi connectivity index (χ2n) is 11.8. The largest absolute Gasteiger partial charge is 0.501 e. The van der Waals surface area contributed by atoms with Gasteiger partial charge < -0.3 is 29.9 Å². The molecule has 1 saturated heterocycles. The van der Waals surface area contributed by atoms with Gasteiger partial charge in [0, 0.05) is 39.2 Å². The van der Waals surface area contributed by atoms with Crippen LogP contribution in [-0.4, -0.2) is 68.2 Å². The summed E-state index contributed by atoms with van der Waals surface area (Å²) in [6.07, 6.45) is 3.47. The standard InChI is InChI=1S/C30H33FN6O7/c1-16-11-18(3-4-20(16)31)13-32-26(40)23-24(38)28(42)37-14-17-5-8-30(9-6-17,29(37)34-23)35-25(39)21-12-19(43-2)15-36(21)27(41)22-7-10-33-44-22/h3-4,7,10-11,17,19,21,38H,5-6,8-9,12-15H2,1-2H3,(H,32,40)(H,35,39)/t17?,19-,21?,30?/m0/s1. The summed E-state index contributed by atoms with van der Waals surface area (Å²) < 4.78 is 25.6. The van der Waals surface area contributed by atoms with Gasteiger partial charge in [-0.05, 0) is 55.7 Å². The molecule has 3 aromatic rings. The molecule has 1 unspecified atom stereocenters. The van der Waals surface area contributed by atoms with E-state index in [2.05, 4.69) is 20.8 Å². The van der Waals surface area contributed by atoms with E-state index in [-0.39, 0.29) is 55.5 Å². The average molecular weight is 609 g/mol. The third-order valence-corrected chi connectivity index (χ3v) is 9.03. The number of amides is 3. The molecule has 232 valence electrons. The highest BCUT2D eigenvalue weighted by molar-refractivity contribution is 5.96. The molecule has 4 aliphatic rings. The number of aromatic hydroxyl groups is 1. The van der Waals surface area contributed by atoms with Gasteiger partial charge in [-0.3, -0.25) is 23.7 Å². The maximum Gasteiger partial charge on any atom is 0.296 e. The van der Waals surface area contributed by atoms with Gasteiger partial charge in [0.25, 0.3) is 17.4 Å². The Morgan fingerprint density at radius 2 is 1.98 bits per heavy atom. The normalized spacial score (nSPS) is 24.1. The first-order valence-corrected chi connectivity index (χ1v) is 14.5. The van der Waals surface area contributed by atoms with E-state index in [4.69, 9.17) is 9.26 Å². The quantitative estimate of drug-likeness (QED) is 0.362. The number of aromatic nitrogens is 3. The van der Waals surface area contributed by atoms with E-state index in [0.29, 0.717) is 36.8 Å². The zero-order valence-corrected chi connectivity index (χ0v) is 24.3. The maximum atomic E-state index is 14.0. The van der Waals surface area contributed by atoms with Crippen LogP contribution >= 0.6 is 0 Å². The molecule has 3 amide bonds. The van der Waals surface area contributed by atoms with Crippen LogP contribution in [0.25, 0.3) is 0 Å². The maximum absolute atomic E-state index is 14.0. The van der Waals surface area contributed by atoms with Crippen LogP contribution < -0.4 is 16.2 Å². The van der Waals surface area contributed by atoms with Gasteiger partial charge >= 0.3 is 0 Å². The molecule has 0 radical (unpaired) electrons. The molecular weight excluding hydrogens is 575 g/mol. The Balaban J connectivity index is 1.31. The number of aryl methyl sites for hydroxylation is 1. The van der Waals surface area contributed by atoms with E-state index in [1.165, 1.54) is 41.0 Å². The summed E-state index contributed by atoms with van der Waals surface area (Å²) in [6, 6.07) is 4.94. The second-order valence-corrected chi connectivity index (χ2v) is 11.8. The number of nitrogens with zero attached hydrogens (tertiary/aromatic N) is 4. The molecule has 3 N–H and O–H groups in total. The van der Waals surface area contributed by atoms with Gasteiger partial charge in [-0.25, -0.2) is 9.37 Å². The first-order chi connectivity index (χ1) is 21.1. The minimum absolute atomic E-state index is 0.00631. The molecule has 2 bridgehead atoms. The second kappa shape index (κ2) is 11.5. The molecule has 3 aliphatic heterocycles. The van der Waals surface area contributed by atoms with Crippen LogP contribution in [0.5, 0.6) is 5.75 Å². The zero-order chi connectivity index (χ0) is 31.2. The predicted molar refractivity (Wildman–Crippen MR) is 151 cm³/mol. The number of hydrogen-bond acceptors (Lipinski definition) is 9. The molecule has 0 spiro atoms. The smallest absolute Gasteiger partial charge is 0.296 e. The Kier molecular flexibility index (Phi) is 7.70. The predicted octanol–water partition coefficient (Wildman–Crippen LogP) is 1.76. The van der Waals surface area contributed by atoms with E-state index in [9.17, 15) is 28.7 Å². The molecule has 7 rings (SSSR count). The summed E-state index contributed by atoms with van der Waals surface area (Å²) in [6.45, 7) is 2.08. The van der Waals surface area contributed by atoms with Crippen molar-refractivity contribution < 1.29 is 33.1 Å². The summed E-state index contributed by atoms with van der Waals surface area (Å²) in [5.74, 6) is -2.60. The van der Waals surface area contributed by atoms with Gasteiger partial charge in [0.15, 0.2) is 5.69 Å². The van der Waals surface area contributed by atoms with Crippen molar-refractivity contribution in [2.45, 2.75) is 69.8 Å². The van der Waals surface area contributed by atoms with Gasteiger partial charge in [-0.1, -0.05) is 17.3 Å². The third kappa shape index (κ3) is 5.23. The van der Waals surface area contributed by atoms with Crippen LogP contribution in [0.3, 0.4) is 0 Å². The van der Waals surface area contributed by atoms with Crippen molar-refractivity contribution >= 4 is 17.7 Å². The first kappa shape index (κ1) is 29.5. The number of hydrogen-bond donors (Lipinski definition) is 3. The van der Waals surface area contributed by atoms with E-state index in [1.54, 1.807) is 13.0 Å². The third-order valence-electron chi connectivity index (χ3n) is 9.03. The van der Waals surface area contributed by atoms with Crippen molar-refractivity contribution in [1.82, 2.24) is 30.2 Å². The lowest BCUT2D eigenvalue weighted by Gasteiger charge is -2.38. The number of nitrogens with one attached hydrogen (secondary N) is 2.